The molecule has 0 unspecified atom stereocenters. The van der Waals surface area contributed by atoms with Gasteiger partial charge in [0.05, 0.1) is 4.47 Å². The van der Waals surface area contributed by atoms with Crippen LogP contribution in [0.15, 0.2) is 16.6 Å². The van der Waals surface area contributed by atoms with Crippen molar-refractivity contribution in [3.63, 3.8) is 0 Å². The number of hydrogen-bond acceptors (Lipinski definition) is 4. The van der Waals surface area contributed by atoms with Crippen LogP contribution in [-0.4, -0.2) is 25.8 Å². The van der Waals surface area contributed by atoms with Crippen LogP contribution in [0.3, 0.4) is 0 Å². The maximum atomic E-state index is 12.1. The van der Waals surface area contributed by atoms with E-state index in [1.165, 1.54) is 0 Å². The molecule has 0 aromatic heterocycles. The SMILES string of the molecule is O=C(NCc1cc(Br)c2c(c1)OCO2)C1CCNCC1. The molecule has 108 valence electrons. The fraction of sp³-hybridized carbons (Fsp3) is 0.500. The van der Waals surface area contributed by atoms with Crippen molar-refractivity contribution in [3.05, 3.63) is 22.2 Å². The molecule has 1 fully saturated rings. The molecule has 1 aromatic rings. The van der Waals surface area contributed by atoms with E-state index in [0.29, 0.717) is 6.54 Å². The number of piperidine rings is 1. The number of ether oxygens (including phenoxy) is 2. The van der Waals surface area contributed by atoms with Gasteiger partial charge in [0, 0.05) is 12.5 Å². The van der Waals surface area contributed by atoms with Gasteiger partial charge in [-0.25, -0.2) is 0 Å². The van der Waals surface area contributed by atoms with Crippen molar-refractivity contribution in [1.29, 1.82) is 0 Å². The van der Waals surface area contributed by atoms with E-state index in [9.17, 15) is 4.79 Å². The maximum Gasteiger partial charge on any atom is 0.231 e. The smallest absolute Gasteiger partial charge is 0.231 e. The third-order valence-corrected chi connectivity index (χ3v) is 4.25. The van der Waals surface area contributed by atoms with E-state index in [1.54, 1.807) is 0 Å². The Morgan fingerprint density at radius 1 is 1.35 bits per heavy atom. The lowest BCUT2D eigenvalue weighted by Gasteiger charge is -2.21. The van der Waals surface area contributed by atoms with Crippen LogP contribution in [0.25, 0.3) is 0 Å². The first kappa shape index (κ1) is 13.7. The molecular weight excluding hydrogens is 324 g/mol. The maximum absolute atomic E-state index is 12.1. The Bertz CT molecular complexity index is 515. The molecule has 2 heterocycles. The van der Waals surface area contributed by atoms with Crippen LogP contribution >= 0.6 is 15.9 Å². The molecule has 0 bridgehead atoms. The second-order valence-electron chi connectivity index (χ2n) is 5.05. The minimum absolute atomic E-state index is 0.133. The van der Waals surface area contributed by atoms with Gasteiger partial charge >= 0.3 is 0 Å². The zero-order valence-corrected chi connectivity index (χ0v) is 12.7. The van der Waals surface area contributed by atoms with Crippen molar-refractivity contribution in [3.8, 4) is 11.5 Å². The van der Waals surface area contributed by atoms with E-state index < -0.39 is 0 Å². The Kier molecular flexibility index (Phi) is 4.12. The number of nitrogens with one attached hydrogen (secondary N) is 2. The molecule has 1 aromatic carbocycles. The summed E-state index contributed by atoms with van der Waals surface area (Å²) in [5.74, 6) is 1.73. The third kappa shape index (κ3) is 2.91. The summed E-state index contributed by atoms with van der Waals surface area (Å²) in [5, 5.41) is 6.27. The molecular formula is C14H17BrN2O3. The molecule has 2 N–H and O–H groups in total. The summed E-state index contributed by atoms with van der Waals surface area (Å²) in [5.41, 5.74) is 1.00. The number of hydrogen-bond donors (Lipinski definition) is 2. The number of carbonyl (C=O) groups excluding carboxylic acids is 1. The van der Waals surface area contributed by atoms with Gasteiger partial charge in [0.2, 0.25) is 12.7 Å². The van der Waals surface area contributed by atoms with Gasteiger partial charge in [0.25, 0.3) is 0 Å². The van der Waals surface area contributed by atoms with Crippen molar-refractivity contribution in [1.82, 2.24) is 10.6 Å². The Hall–Kier alpha value is -1.27. The predicted octanol–water partition coefficient (Wildman–Crippen LogP) is 1.79. The number of carbonyl (C=O) groups is 1. The second kappa shape index (κ2) is 6.01. The first-order valence-electron chi connectivity index (χ1n) is 6.80. The number of rotatable bonds is 3. The summed E-state index contributed by atoms with van der Waals surface area (Å²) >= 11 is 3.46. The standard InChI is InChI=1S/C14H17BrN2O3/c15-11-5-9(6-12-13(11)20-8-19-12)7-17-14(18)10-1-3-16-4-2-10/h5-6,10,16H,1-4,7-8H2,(H,17,18). The zero-order chi connectivity index (χ0) is 13.9. The van der Waals surface area contributed by atoms with Gasteiger partial charge in [-0.1, -0.05) is 0 Å². The number of fused-ring (bicyclic) bond motifs is 1. The van der Waals surface area contributed by atoms with E-state index in [1.807, 2.05) is 12.1 Å². The molecule has 0 aliphatic carbocycles. The molecule has 0 atom stereocenters. The van der Waals surface area contributed by atoms with Crippen molar-refractivity contribution < 1.29 is 14.3 Å². The molecule has 1 amide bonds. The van der Waals surface area contributed by atoms with Crippen LogP contribution in [0.5, 0.6) is 11.5 Å². The molecule has 5 nitrogen and oxygen atoms in total. The van der Waals surface area contributed by atoms with E-state index in [4.69, 9.17) is 9.47 Å². The van der Waals surface area contributed by atoms with Crippen LogP contribution < -0.4 is 20.1 Å². The van der Waals surface area contributed by atoms with Crippen molar-refractivity contribution >= 4 is 21.8 Å². The average molecular weight is 341 g/mol. The van der Waals surface area contributed by atoms with Crippen molar-refractivity contribution in [2.45, 2.75) is 19.4 Å². The number of benzene rings is 1. The lowest BCUT2D eigenvalue weighted by atomic mass is 9.97. The normalized spacial score (nSPS) is 18.1. The first-order valence-corrected chi connectivity index (χ1v) is 7.60. The monoisotopic (exact) mass is 340 g/mol. The van der Waals surface area contributed by atoms with E-state index in [2.05, 4.69) is 26.6 Å². The summed E-state index contributed by atoms with van der Waals surface area (Å²) in [4.78, 5) is 12.1. The lowest BCUT2D eigenvalue weighted by Crippen LogP contribution is -2.37. The van der Waals surface area contributed by atoms with Crippen LogP contribution in [0.4, 0.5) is 0 Å². The highest BCUT2D eigenvalue weighted by Crippen LogP contribution is 2.39. The number of amides is 1. The third-order valence-electron chi connectivity index (χ3n) is 3.66. The van der Waals surface area contributed by atoms with Crippen molar-refractivity contribution in [2.75, 3.05) is 19.9 Å². The summed E-state index contributed by atoms with van der Waals surface area (Å²) < 4.78 is 11.6. The average Bonchev–Trinajstić information content (AvgIpc) is 2.94. The largest absolute Gasteiger partial charge is 0.454 e. The predicted molar refractivity (Wildman–Crippen MR) is 77.7 cm³/mol. The Balaban J connectivity index is 1.61. The summed E-state index contributed by atoms with van der Waals surface area (Å²) in [6.07, 6.45) is 1.83. The van der Waals surface area contributed by atoms with Crippen LogP contribution in [0.2, 0.25) is 0 Å². The highest BCUT2D eigenvalue weighted by molar-refractivity contribution is 9.10. The molecule has 2 aliphatic rings. The van der Waals surface area contributed by atoms with E-state index >= 15 is 0 Å². The quantitative estimate of drug-likeness (QED) is 0.880. The Morgan fingerprint density at radius 2 is 2.15 bits per heavy atom. The summed E-state index contributed by atoms with van der Waals surface area (Å²) in [6, 6.07) is 3.87. The van der Waals surface area contributed by atoms with E-state index in [0.717, 1.165) is 47.5 Å². The molecule has 3 rings (SSSR count). The summed E-state index contributed by atoms with van der Waals surface area (Å²) in [7, 11) is 0. The van der Waals surface area contributed by atoms with Crippen LogP contribution in [0, 0.1) is 5.92 Å². The minimum atomic E-state index is 0.133. The van der Waals surface area contributed by atoms with Gasteiger partial charge in [-0.3, -0.25) is 4.79 Å². The Labute approximate surface area is 126 Å². The highest BCUT2D eigenvalue weighted by Gasteiger charge is 2.21. The molecule has 1 saturated heterocycles. The molecule has 6 heteroatoms. The van der Waals surface area contributed by atoms with Gasteiger partial charge in [-0.2, -0.15) is 0 Å². The topological polar surface area (TPSA) is 59.6 Å². The Morgan fingerprint density at radius 3 is 2.95 bits per heavy atom. The molecule has 0 radical (unpaired) electrons. The second-order valence-corrected chi connectivity index (χ2v) is 5.91. The fourth-order valence-electron chi connectivity index (χ4n) is 2.54. The van der Waals surface area contributed by atoms with E-state index in [-0.39, 0.29) is 18.6 Å². The van der Waals surface area contributed by atoms with Gasteiger partial charge < -0.3 is 20.1 Å². The molecule has 2 aliphatic heterocycles. The molecule has 0 spiro atoms. The number of halogens is 1. The molecule has 0 saturated carbocycles. The van der Waals surface area contributed by atoms with Crippen molar-refractivity contribution in [2.24, 2.45) is 5.92 Å². The fourth-order valence-corrected chi connectivity index (χ4v) is 3.14. The van der Waals surface area contributed by atoms with Gasteiger partial charge in [-0.15, -0.1) is 0 Å². The zero-order valence-electron chi connectivity index (χ0n) is 11.1. The van der Waals surface area contributed by atoms with Crippen LogP contribution in [-0.2, 0) is 11.3 Å². The van der Waals surface area contributed by atoms with Gasteiger partial charge in [0.1, 0.15) is 0 Å². The first-order chi connectivity index (χ1) is 9.74. The summed E-state index contributed by atoms with van der Waals surface area (Å²) in [6.45, 7) is 2.61. The van der Waals surface area contributed by atoms with Gasteiger partial charge in [0.15, 0.2) is 11.5 Å². The van der Waals surface area contributed by atoms with Crippen LogP contribution in [0.1, 0.15) is 18.4 Å². The molecule has 20 heavy (non-hydrogen) atoms. The minimum Gasteiger partial charge on any atom is -0.454 e. The van der Waals surface area contributed by atoms with Gasteiger partial charge in [-0.05, 0) is 59.6 Å². The lowest BCUT2D eigenvalue weighted by molar-refractivity contribution is -0.125. The highest BCUT2D eigenvalue weighted by atomic mass is 79.9.